The lowest BCUT2D eigenvalue weighted by molar-refractivity contribution is -0.146. The summed E-state index contributed by atoms with van der Waals surface area (Å²) in [6.07, 6.45) is 1.63. The lowest BCUT2D eigenvalue weighted by Crippen LogP contribution is -2.39. The summed E-state index contributed by atoms with van der Waals surface area (Å²) in [4.78, 5) is 12.6. The molecule has 1 unspecified atom stereocenters. The standard InChI is InChI=1S/C22H26Br2N2O4/c1-29-18-4-2-3-5-19(18)30-22(28)21(27)13-6-8-16(9-7-13)26-12-14-10-15(23)11-17(24)20(14)25/h2-5,10-11,13,16,22,26,28H,6-9,12,25H2,1H3. The van der Waals surface area contributed by atoms with Crippen LogP contribution in [-0.2, 0) is 11.3 Å². The van der Waals surface area contributed by atoms with E-state index in [2.05, 4.69) is 37.2 Å². The van der Waals surface area contributed by atoms with Gasteiger partial charge in [-0.05, 0) is 71.4 Å². The number of halogens is 2. The fourth-order valence-corrected chi connectivity index (χ4v) is 5.03. The van der Waals surface area contributed by atoms with Crippen molar-refractivity contribution >= 4 is 43.3 Å². The molecule has 0 heterocycles. The van der Waals surface area contributed by atoms with Crippen LogP contribution in [0.1, 0.15) is 31.2 Å². The first kappa shape index (κ1) is 23.1. The molecular weight excluding hydrogens is 516 g/mol. The summed E-state index contributed by atoms with van der Waals surface area (Å²) in [5, 5.41) is 13.8. The molecule has 0 radical (unpaired) electrons. The number of nitrogens with two attached hydrogens (primary N) is 1. The molecule has 0 bridgehead atoms. The van der Waals surface area contributed by atoms with E-state index in [0.29, 0.717) is 36.9 Å². The number of nitrogen functional groups attached to an aromatic ring is 1. The van der Waals surface area contributed by atoms with Crippen LogP contribution in [0.3, 0.4) is 0 Å². The SMILES string of the molecule is COc1ccccc1OC(O)C(=O)C1CCC(NCc2cc(Br)cc(Br)c2N)CC1. The summed E-state index contributed by atoms with van der Waals surface area (Å²) >= 11 is 6.96. The molecule has 8 heteroatoms. The first-order chi connectivity index (χ1) is 14.4. The minimum atomic E-state index is -1.49. The molecule has 162 valence electrons. The van der Waals surface area contributed by atoms with Gasteiger partial charge in [0.2, 0.25) is 5.78 Å². The second-order valence-corrected chi connectivity index (χ2v) is 9.18. The fraction of sp³-hybridized carbons (Fsp3) is 0.409. The second kappa shape index (κ2) is 10.6. The molecular formula is C22H26Br2N2O4. The predicted octanol–water partition coefficient (Wildman–Crippen LogP) is 4.42. The van der Waals surface area contributed by atoms with Crippen molar-refractivity contribution < 1.29 is 19.4 Å². The van der Waals surface area contributed by atoms with Crippen LogP contribution in [0.25, 0.3) is 0 Å². The van der Waals surface area contributed by atoms with Crippen molar-refractivity contribution in [1.82, 2.24) is 5.32 Å². The summed E-state index contributed by atoms with van der Waals surface area (Å²) in [6.45, 7) is 0.659. The number of aliphatic hydroxyl groups is 1. The number of carbonyl (C=O) groups excluding carboxylic acids is 1. The largest absolute Gasteiger partial charge is 0.493 e. The number of ether oxygens (including phenoxy) is 2. The molecule has 1 aliphatic carbocycles. The summed E-state index contributed by atoms with van der Waals surface area (Å²) in [5.41, 5.74) is 7.89. The van der Waals surface area contributed by atoms with Crippen LogP contribution in [0.15, 0.2) is 45.3 Å². The quantitative estimate of drug-likeness (QED) is 0.338. The molecule has 0 amide bonds. The maximum Gasteiger partial charge on any atom is 0.257 e. The van der Waals surface area contributed by atoms with Gasteiger partial charge in [0.15, 0.2) is 11.5 Å². The van der Waals surface area contributed by atoms with Crippen LogP contribution >= 0.6 is 31.9 Å². The van der Waals surface area contributed by atoms with Gasteiger partial charge in [0.25, 0.3) is 6.29 Å². The Morgan fingerprint density at radius 2 is 1.87 bits per heavy atom. The fourth-order valence-electron chi connectivity index (χ4n) is 3.72. The lowest BCUT2D eigenvalue weighted by atomic mass is 9.83. The number of hydrogen-bond acceptors (Lipinski definition) is 6. The molecule has 2 aromatic rings. The maximum atomic E-state index is 12.6. The zero-order valence-electron chi connectivity index (χ0n) is 16.7. The molecule has 4 N–H and O–H groups in total. The lowest BCUT2D eigenvalue weighted by Gasteiger charge is -2.29. The van der Waals surface area contributed by atoms with Gasteiger partial charge in [0.05, 0.1) is 12.8 Å². The minimum absolute atomic E-state index is 0.210. The van der Waals surface area contributed by atoms with Gasteiger partial charge < -0.3 is 25.6 Å². The maximum absolute atomic E-state index is 12.6. The van der Waals surface area contributed by atoms with Gasteiger partial charge >= 0.3 is 0 Å². The zero-order valence-corrected chi connectivity index (χ0v) is 19.9. The Balaban J connectivity index is 1.49. The Hall–Kier alpha value is -1.61. The van der Waals surface area contributed by atoms with Crippen molar-refractivity contribution in [2.45, 2.75) is 44.6 Å². The van der Waals surface area contributed by atoms with Crippen molar-refractivity contribution in [1.29, 1.82) is 0 Å². The van der Waals surface area contributed by atoms with Gasteiger partial charge in [-0.1, -0.05) is 28.1 Å². The molecule has 1 saturated carbocycles. The van der Waals surface area contributed by atoms with E-state index in [-0.39, 0.29) is 11.7 Å². The molecule has 2 aromatic carbocycles. The van der Waals surface area contributed by atoms with E-state index in [4.69, 9.17) is 15.2 Å². The van der Waals surface area contributed by atoms with Gasteiger partial charge in [-0.3, -0.25) is 4.79 Å². The molecule has 0 aromatic heterocycles. The summed E-state index contributed by atoms with van der Waals surface area (Å²) < 4.78 is 12.5. The number of nitrogens with one attached hydrogen (secondary N) is 1. The predicted molar refractivity (Wildman–Crippen MR) is 123 cm³/mol. The number of anilines is 1. The van der Waals surface area contributed by atoms with E-state index in [1.807, 2.05) is 12.1 Å². The highest BCUT2D eigenvalue weighted by Gasteiger charge is 2.31. The van der Waals surface area contributed by atoms with Crippen LogP contribution < -0.4 is 20.5 Å². The number of benzene rings is 2. The Labute approximate surface area is 193 Å². The molecule has 0 aliphatic heterocycles. The molecule has 0 saturated heterocycles. The molecule has 30 heavy (non-hydrogen) atoms. The molecule has 6 nitrogen and oxygen atoms in total. The number of para-hydroxylation sites is 2. The average Bonchev–Trinajstić information content (AvgIpc) is 2.75. The third-order valence-electron chi connectivity index (χ3n) is 5.44. The van der Waals surface area contributed by atoms with Crippen LogP contribution in [0.5, 0.6) is 11.5 Å². The average molecular weight is 542 g/mol. The van der Waals surface area contributed by atoms with E-state index < -0.39 is 6.29 Å². The zero-order chi connectivity index (χ0) is 21.7. The number of rotatable bonds is 8. The molecule has 1 atom stereocenters. The number of methoxy groups -OCH3 is 1. The van der Waals surface area contributed by atoms with E-state index in [0.717, 1.165) is 33.0 Å². The van der Waals surface area contributed by atoms with Crippen LogP contribution in [0.2, 0.25) is 0 Å². The third-order valence-corrected chi connectivity index (χ3v) is 6.56. The monoisotopic (exact) mass is 540 g/mol. The second-order valence-electron chi connectivity index (χ2n) is 7.41. The molecule has 1 fully saturated rings. The van der Waals surface area contributed by atoms with Gasteiger partial charge in [-0.25, -0.2) is 0 Å². The number of aliphatic hydroxyl groups excluding tert-OH is 1. The van der Waals surface area contributed by atoms with Crippen molar-refractivity contribution in [3.63, 3.8) is 0 Å². The molecule has 0 spiro atoms. The van der Waals surface area contributed by atoms with Crippen molar-refractivity contribution in [3.05, 3.63) is 50.9 Å². The summed E-state index contributed by atoms with van der Waals surface area (Å²) in [7, 11) is 1.52. The smallest absolute Gasteiger partial charge is 0.257 e. The normalized spacial score (nSPS) is 19.9. The van der Waals surface area contributed by atoms with E-state index in [1.54, 1.807) is 24.3 Å². The van der Waals surface area contributed by atoms with Crippen LogP contribution in [0, 0.1) is 5.92 Å². The summed E-state index contributed by atoms with van der Waals surface area (Å²) in [6, 6.07) is 11.2. The first-order valence-corrected chi connectivity index (χ1v) is 11.5. The minimum Gasteiger partial charge on any atom is -0.493 e. The van der Waals surface area contributed by atoms with E-state index >= 15 is 0 Å². The van der Waals surface area contributed by atoms with Gasteiger partial charge in [-0.2, -0.15) is 0 Å². The number of Topliss-reactive ketones (excluding diaryl/α,β-unsaturated/α-hetero) is 1. The molecule has 1 aliphatic rings. The van der Waals surface area contributed by atoms with Crippen LogP contribution in [-0.4, -0.2) is 30.3 Å². The highest BCUT2D eigenvalue weighted by Crippen LogP contribution is 2.31. The van der Waals surface area contributed by atoms with Crippen LogP contribution in [0.4, 0.5) is 5.69 Å². The van der Waals surface area contributed by atoms with Crippen molar-refractivity contribution in [3.8, 4) is 11.5 Å². The van der Waals surface area contributed by atoms with E-state index in [1.165, 1.54) is 7.11 Å². The number of carbonyl (C=O) groups is 1. The Morgan fingerprint density at radius 3 is 2.53 bits per heavy atom. The van der Waals surface area contributed by atoms with Crippen molar-refractivity contribution in [2.24, 2.45) is 5.92 Å². The summed E-state index contributed by atoms with van der Waals surface area (Å²) in [5.74, 6) is 0.349. The van der Waals surface area contributed by atoms with Gasteiger partial charge in [-0.15, -0.1) is 0 Å². The Kier molecular flexibility index (Phi) is 8.16. The number of hydrogen-bond donors (Lipinski definition) is 3. The number of ketones is 1. The van der Waals surface area contributed by atoms with Gasteiger partial charge in [0.1, 0.15) is 0 Å². The Morgan fingerprint density at radius 1 is 1.20 bits per heavy atom. The third kappa shape index (κ3) is 5.75. The topological polar surface area (TPSA) is 93.8 Å². The van der Waals surface area contributed by atoms with Gasteiger partial charge in [0, 0.05) is 27.4 Å². The first-order valence-electron chi connectivity index (χ1n) is 9.87. The van der Waals surface area contributed by atoms with E-state index in [9.17, 15) is 9.90 Å². The Bertz CT molecular complexity index is 885. The highest BCUT2D eigenvalue weighted by molar-refractivity contribution is 9.11. The highest BCUT2D eigenvalue weighted by atomic mass is 79.9. The van der Waals surface area contributed by atoms with Crippen molar-refractivity contribution in [2.75, 3.05) is 12.8 Å². The molecule has 3 rings (SSSR count).